The smallest absolute Gasteiger partial charge is 0.118 e. The maximum Gasteiger partial charge on any atom is 0.118 e. The summed E-state index contributed by atoms with van der Waals surface area (Å²) in [6, 6.07) is 12.9. The summed E-state index contributed by atoms with van der Waals surface area (Å²) in [4.78, 5) is 5.04. The van der Waals surface area contributed by atoms with Crippen molar-refractivity contribution in [3.05, 3.63) is 59.5 Å². The van der Waals surface area contributed by atoms with E-state index in [4.69, 9.17) is 14.8 Å². The average molecular weight is 514 g/mol. The molecule has 0 saturated carbocycles. The number of aryl methyl sites for hydroxylation is 3. The molecule has 4 aromatic heterocycles. The third-order valence-corrected chi connectivity index (χ3v) is 7.80. The number of pyridine rings is 1. The molecule has 1 N–H and O–H groups in total. The fourth-order valence-corrected chi connectivity index (χ4v) is 6.08. The fraction of sp³-hybridized carbons (Fsp3) is 0.448. The molecular formula is C29H35N7O2. The number of hydrogen-bond acceptors (Lipinski definition) is 6. The van der Waals surface area contributed by atoms with Gasteiger partial charge in [-0.3, -0.25) is 9.67 Å². The first-order chi connectivity index (χ1) is 18.3. The predicted molar refractivity (Wildman–Crippen MR) is 147 cm³/mol. The molecule has 1 aliphatic heterocycles. The third-order valence-electron chi connectivity index (χ3n) is 7.80. The SMILES string of the molecule is CCn1nc(C(C)(C)O)c2c1c1ncc(-c3c(C)nnn3C)cc1n2C(c1ccccc1)C1CCOCC1. The van der Waals surface area contributed by atoms with Gasteiger partial charge in [0.15, 0.2) is 0 Å². The number of hydrogen-bond donors (Lipinski definition) is 1. The van der Waals surface area contributed by atoms with E-state index >= 15 is 0 Å². The predicted octanol–water partition coefficient (Wildman–Crippen LogP) is 4.75. The lowest BCUT2D eigenvalue weighted by atomic mass is 9.86. The first-order valence-corrected chi connectivity index (χ1v) is 13.4. The van der Waals surface area contributed by atoms with Crippen molar-refractivity contribution in [3.8, 4) is 11.3 Å². The number of ether oxygens (including phenoxy) is 1. The molecule has 5 heterocycles. The second-order valence-corrected chi connectivity index (χ2v) is 10.8. The number of fused-ring (bicyclic) bond motifs is 3. The van der Waals surface area contributed by atoms with Crippen molar-refractivity contribution in [1.29, 1.82) is 0 Å². The van der Waals surface area contributed by atoms with Crippen LogP contribution in [0, 0.1) is 12.8 Å². The highest BCUT2D eigenvalue weighted by Gasteiger charge is 2.35. The Labute approximate surface area is 222 Å². The molecule has 1 unspecified atom stereocenters. The minimum absolute atomic E-state index is 0.0264. The Kier molecular flexibility index (Phi) is 6.07. The molecular weight excluding hydrogens is 478 g/mol. The zero-order chi connectivity index (χ0) is 26.6. The van der Waals surface area contributed by atoms with Crippen molar-refractivity contribution in [3.63, 3.8) is 0 Å². The highest BCUT2D eigenvalue weighted by molar-refractivity contribution is 6.06. The Hall–Kier alpha value is -3.56. The van der Waals surface area contributed by atoms with Crippen LogP contribution in [0.15, 0.2) is 42.6 Å². The van der Waals surface area contributed by atoms with Gasteiger partial charge in [0.1, 0.15) is 22.3 Å². The Morgan fingerprint density at radius 1 is 1.13 bits per heavy atom. The maximum absolute atomic E-state index is 11.3. The van der Waals surface area contributed by atoms with Gasteiger partial charge in [0.2, 0.25) is 0 Å². The molecule has 0 bridgehead atoms. The number of aromatic nitrogens is 7. The summed E-state index contributed by atoms with van der Waals surface area (Å²) >= 11 is 0. The molecule has 0 aliphatic carbocycles. The van der Waals surface area contributed by atoms with E-state index in [0.29, 0.717) is 18.2 Å². The molecule has 198 valence electrons. The summed E-state index contributed by atoms with van der Waals surface area (Å²) in [6.45, 7) is 9.83. The van der Waals surface area contributed by atoms with E-state index in [9.17, 15) is 5.11 Å². The molecule has 38 heavy (non-hydrogen) atoms. The Morgan fingerprint density at radius 3 is 2.50 bits per heavy atom. The van der Waals surface area contributed by atoms with E-state index in [-0.39, 0.29) is 6.04 Å². The largest absolute Gasteiger partial charge is 0.384 e. The van der Waals surface area contributed by atoms with Crippen molar-refractivity contribution >= 4 is 22.1 Å². The molecule has 9 nitrogen and oxygen atoms in total. The zero-order valence-electron chi connectivity index (χ0n) is 22.7. The summed E-state index contributed by atoms with van der Waals surface area (Å²) in [6.07, 6.45) is 3.82. The van der Waals surface area contributed by atoms with Crippen LogP contribution < -0.4 is 0 Å². The summed E-state index contributed by atoms with van der Waals surface area (Å²) in [5.41, 5.74) is 7.33. The highest BCUT2D eigenvalue weighted by Crippen LogP contribution is 2.43. The molecule has 1 aliphatic rings. The number of aliphatic hydroxyl groups is 1. The monoisotopic (exact) mass is 513 g/mol. The van der Waals surface area contributed by atoms with Gasteiger partial charge in [-0.1, -0.05) is 35.5 Å². The molecule has 1 aromatic carbocycles. The zero-order valence-corrected chi connectivity index (χ0v) is 22.7. The van der Waals surface area contributed by atoms with Crippen molar-refractivity contribution in [2.24, 2.45) is 13.0 Å². The van der Waals surface area contributed by atoms with Gasteiger partial charge < -0.3 is 14.4 Å². The van der Waals surface area contributed by atoms with Crippen molar-refractivity contribution in [2.75, 3.05) is 13.2 Å². The average Bonchev–Trinajstić information content (AvgIpc) is 3.56. The molecule has 1 fully saturated rings. The molecule has 6 rings (SSSR count). The van der Waals surface area contributed by atoms with E-state index in [1.54, 1.807) is 4.68 Å². The molecule has 0 radical (unpaired) electrons. The van der Waals surface area contributed by atoms with Crippen LogP contribution in [0.25, 0.3) is 33.3 Å². The first-order valence-electron chi connectivity index (χ1n) is 13.4. The normalized spacial score (nSPS) is 16.1. The fourth-order valence-electron chi connectivity index (χ4n) is 6.08. The van der Waals surface area contributed by atoms with Crippen molar-refractivity contribution < 1.29 is 9.84 Å². The number of nitrogens with zero attached hydrogens (tertiary/aromatic N) is 7. The van der Waals surface area contributed by atoms with Crippen LogP contribution in [-0.4, -0.2) is 52.6 Å². The van der Waals surface area contributed by atoms with Crippen LogP contribution in [-0.2, 0) is 23.9 Å². The van der Waals surface area contributed by atoms with Crippen LogP contribution in [0.4, 0.5) is 0 Å². The Balaban J connectivity index is 1.75. The van der Waals surface area contributed by atoms with E-state index in [0.717, 1.165) is 65.1 Å². The van der Waals surface area contributed by atoms with E-state index < -0.39 is 5.60 Å². The highest BCUT2D eigenvalue weighted by atomic mass is 16.5. The second-order valence-electron chi connectivity index (χ2n) is 10.8. The molecule has 9 heteroatoms. The summed E-state index contributed by atoms with van der Waals surface area (Å²) in [5.74, 6) is 0.355. The van der Waals surface area contributed by atoms with Gasteiger partial charge in [-0.05, 0) is 58.1 Å². The van der Waals surface area contributed by atoms with Gasteiger partial charge in [0, 0.05) is 38.6 Å². The molecule has 1 atom stereocenters. The molecule has 5 aromatic rings. The first kappa shape index (κ1) is 24.8. The van der Waals surface area contributed by atoms with Gasteiger partial charge in [0.05, 0.1) is 28.5 Å². The molecule has 1 saturated heterocycles. The number of rotatable bonds is 6. The molecule has 0 spiro atoms. The van der Waals surface area contributed by atoms with Crippen LogP contribution in [0.1, 0.15) is 56.6 Å². The van der Waals surface area contributed by atoms with Gasteiger partial charge >= 0.3 is 0 Å². The van der Waals surface area contributed by atoms with Gasteiger partial charge in [0.25, 0.3) is 0 Å². The Bertz CT molecular complexity index is 1580. The standard InChI is InChI=1S/C29H35N7O2/c1-6-35-26-23-22(16-21(17-30-23)24-18(2)31-33-34(24)5)36(27(26)28(32-35)29(3,4)37)25(19-10-8-7-9-11-19)20-12-14-38-15-13-20/h7-11,16-17,20,25,37H,6,12-15H2,1-5H3. The minimum atomic E-state index is -1.13. The van der Waals surface area contributed by atoms with E-state index in [1.807, 2.05) is 38.7 Å². The van der Waals surface area contributed by atoms with Gasteiger partial charge in [-0.25, -0.2) is 4.68 Å². The second kappa shape index (κ2) is 9.32. The van der Waals surface area contributed by atoms with Crippen LogP contribution in [0.3, 0.4) is 0 Å². The maximum atomic E-state index is 11.3. The van der Waals surface area contributed by atoms with E-state index in [1.165, 1.54) is 5.56 Å². The minimum Gasteiger partial charge on any atom is -0.384 e. The van der Waals surface area contributed by atoms with Crippen molar-refractivity contribution in [2.45, 2.75) is 58.7 Å². The van der Waals surface area contributed by atoms with Crippen LogP contribution in [0.2, 0.25) is 0 Å². The van der Waals surface area contributed by atoms with Gasteiger partial charge in [-0.15, -0.1) is 5.10 Å². The third kappa shape index (κ3) is 3.92. The van der Waals surface area contributed by atoms with Crippen LogP contribution >= 0.6 is 0 Å². The summed E-state index contributed by atoms with van der Waals surface area (Å²) in [7, 11) is 1.91. The Morgan fingerprint density at radius 2 is 1.87 bits per heavy atom. The lowest BCUT2D eigenvalue weighted by Crippen LogP contribution is -2.28. The summed E-state index contributed by atoms with van der Waals surface area (Å²) in [5, 5.41) is 24.8. The topological polar surface area (TPSA) is 95.8 Å². The molecule has 0 amide bonds. The van der Waals surface area contributed by atoms with Crippen molar-refractivity contribution in [1.82, 2.24) is 34.3 Å². The van der Waals surface area contributed by atoms with Gasteiger partial charge in [-0.2, -0.15) is 5.10 Å². The number of benzene rings is 1. The van der Waals surface area contributed by atoms with E-state index in [2.05, 4.69) is 58.2 Å². The van der Waals surface area contributed by atoms with Crippen LogP contribution in [0.5, 0.6) is 0 Å². The quantitative estimate of drug-likeness (QED) is 0.352. The lowest BCUT2D eigenvalue weighted by Gasteiger charge is -2.33. The summed E-state index contributed by atoms with van der Waals surface area (Å²) < 4.78 is 12.0. The lowest BCUT2D eigenvalue weighted by molar-refractivity contribution is 0.0547.